The van der Waals surface area contributed by atoms with Crippen LogP contribution in [-0.2, 0) is 0 Å². The second-order valence-electron chi connectivity index (χ2n) is 10.8. The average molecular weight is 548 g/mol. The van der Waals surface area contributed by atoms with Crippen molar-refractivity contribution in [2.45, 2.75) is 0 Å². The smallest absolute Gasteiger partial charge is 0.238 e. The lowest BCUT2D eigenvalue weighted by Gasteiger charge is -2.13. The third-order valence-electron chi connectivity index (χ3n) is 8.43. The summed E-state index contributed by atoms with van der Waals surface area (Å²) >= 11 is 0. The van der Waals surface area contributed by atoms with E-state index >= 15 is 0 Å². The predicted octanol–water partition coefficient (Wildman–Crippen LogP) is 8.97. The van der Waals surface area contributed by atoms with Crippen molar-refractivity contribution >= 4 is 32.6 Å². The monoisotopic (exact) mass is 547 g/mol. The third kappa shape index (κ3) is 3.41. The molecule has 5 heteroatoms. The van der Waals surface area contributed by atoms with Gasteiger partial charge in [0.1, 0.15) is 0 Å². The quantitative estimate of drug-likeness (QED) is 0.221. The molecule has 198 valence electrons. The summed E-state index contributed by atoms with van der Waals surface area (Å²) in [5, 5.41) is 14.2. The fourth-order valence-corrected chi connectivity index (χ4v) is 6.54. The molecule has 0 atom stereocenters. The molecule has 1 aliphatic carbocycles. The maximum atomic E-state index is 9.36. The van der Waals surface area contributed by atoms with E-state index in [1.165, 1.54) is 33.0 Å². The van der Waals surface area contributed by atoms with Crippen molar-refractivity contribution in [1.29, 1.82) is 5.26 Å². The Kier molecular flexibility index (Phi) is 4.90. The van der Waals surface area contributed by atoms with Crippen LogP contribution in [0.25, 0.3) is 83.6 Å². The first-order chi connectivity index (χ1) is 21.3. The maximum Gasteiger partial charge on any atom is 0.238 e. The van der Waals surface area contributed by atoms with Gasteiger partial charge < -0.3 is 0 Å². The van der Waals surface area contributed by atoms with Crippen LogP contribution in [0.3, 0.4) is 0 Å². The highest BCUT2D eigenvalue weighted by Crippen LogP contribution is 2.51. The first kappa shape index (κ1) is 23.6. The Labute approximate surface area is 247 Å². The zero-order valence-corrected chi connectivity index (χ0v) is 22.9. The Hall–Kier alpha value is -6.12. The molecule has 0 unspecified atom stereocenters. The van der Waals surface area contributed by atoms with E-state index in [-0.39, 0.29) is 0 Å². The Balaban J connectivity index is 1.41. The summed E-state index contributed by atoms with van der Waals surface area (Å²) in [6, 6.07) is 45.6. The number of hydrogen-bond donors (Lipinski definition) is 0. The predicted molar refractivity (Wildman–Crippen MR) is 172 cm³/mol. The fourth-order valence-electron chi connectivity index (χ4n) is 6.54. The number of para-hydroxylation sites is 1. The molecule has 6 aromatic carbocycles. The molecule has 0 radical (unpaired) electrons. The van der Waals surface area contributed by atoms with Gasteiger partial charge in [-0.05, 0) is 57.8 Å². The van der Waals surface area contributed by atoms with Gasteiger partial charge in [0.15, 0.2) is 11.6 Å². The molecule has 0 amide bonds. The molecule has 1 aliphatic rings. The number of nitrogens with zero attached hydrogens (tertiary/aromatic N) is 5. The van der Waals surface area contributed by atoms with Crippen LogP contribution in [0.15, 0.2) is 127 Å². The van der Waals surface area contributed by atoms with Crippen LogP contribution >= 0.6 is 0 Å². The number of hydrogen-bond acceptors (Lipinski definition) is 4. The molecular formula is C38H21N5. The van der Waals surface area contributed by atoms with E-state index in [9.17, 15) is 5.26 Å². The fraction of sp³-hybridized carbons (Fsp3) is 0. The van der Waals surface area contributed by atoms with Crippen molar-refractivity contribution in [3.05, 3.63) is 133 Å². The topological polar surface area (TPSA) is 67.4 Å². The second kappa shape index (κ2) is 8.94. The highest BCUT2D eigenvalue weighted by Gasteiger charge is 2.27. The largest absolute Gasteiger partial charge is 0.277 e. The third-order valence-corrected chi connectivity index (χ3v) is 8.43. The molecule has 43 heavy (non-hydrogen) atoms. The van der Waals surface area contributed by atoms with Crippen LogP contribution in [0.1, 0.15) is 5.56 Å². The molecule has 2 heterocycles. The van der Waals surface area contributed by atoms with Gasteiger partial charge in [0.05, 0.1) is 22.7 Å². The Bertz CT molecular complexity index is 2440. The number of nitriles is 1. The van der Waals surface area contributed by atoms with Crippen molar-refractivity contribution in [2.75, 3.05) is 0 Å². The molecule has 0 bridgehead atoms. The van der Waals surface area contributed by atoms with Crippen molar-refractivity contribution in [3.63, 3.8) is 0 Å². The normalized spacial score (nSPS) is 11.7. The molecule has 0 saturated heterocycles. The molecule has 0 saturated carbocycles. The second-order valence-corrected chi connectivity index (χ2v) is 10.8. The van der Waals surface area contributed by atoms with Gasteiger partial charge in [-0.2, -0.15) is 15.2 Å². The van der Waals surface area contributed by atoms with Gasteiger partial charge in [0.25, 0.3) is 0 Å². The molecule has 5 nitrogen and oxygen atoms in total. The van der Waals surface area contributed by atoms with Crippen LogP contribution in [0.4, 0.5) is 0 Å². The Morgan fingerprint density at radius 1 is 0.535 bits per heavy atom. The zero-order valence-electron chi connectivity index (χ0n) is 22.9. The van der Waals surface area contributed by atoms with E-state index in [1.807, 2.05) is 42.5 Å². The SMILES string of the molecule is N#Cc1ccc(-c2nc(-c3ccccc3)nc(-n3c4ccccc4c4ccc5c(c43)-c3cccc4cccc-5c34)n2)cc1. The molecule has 9 rings (SSSR count). The minimum absolute atomic E-state index is 0.552. The lowest BCUT2D eigenvalue weighted by atomic mass is 10.0. The Morgan fingerprint density at radius 2 is 1.23 bits per heavy atom. The first-order valence-corrected chi connectivity index (χ1v) is 14.2. The van der Waals surface area contributed by atoms with E-state index in [4.69, 9.17) is 15.0 Å². The molecular weight excluding hydrogens is 526 g/mol. The van der Waals surface area contributed by atoms with E-state index in [0.29, 0.717) is 23.2 Å². The lowest BCUT2D eigenvalue weighted by Crippen LogP contribution is -2.07. The van der Waals surface area contributed by atoms with E-state index in [1.54, 1.807) is 12.1 Å². The van der Waals surface area contributed by atoms with Gasteiger partial charge in [0.2, 0.25) is 5.95 Å². The van der Waals surface area contributed by atoms with Gasteiger partial charge in [-0.25, -0.2) is 4.98 Å². The summed E-state index contributed by atoms with van der Waals surface area (Å²) < 4.78 is 2.20. The van der Waals surface area contributed by atoms with E-state index in [2.05, 4.69) is 83.4 Å². The summed E-state index contributed by atoms with van der Waals surface area (Å²) in [4.78, 5) is 15.1. The number of benzene rings is 6. The molecule has 0 aliphatic heterocycles. The maximum absolute atomic E-state index is 9.36. The number of rotatable bonds is 3. The molecule has 0 N–H and O–H groups in total. The number of aromatic nitrogens is 4. The first-order valence-electron chi connectivity index (χ1n) is 14.2. The van der Waals surface area contributed by atoms with Gasteiger partial charge >= 0.3 is 0 Å². The van der Waals surface area contributed by atoms with Gasteiger partial charge in [-0.3, -0.25) is 4.57 Å². The standard InChI is InChI=1S/C38H21N5/c39-22-23-16-18-26(19-17-23)37-40-36(25-8-2-1-3-9-25)41-38(42-37)43-32-15-5-4-12-27(32)30-21-20-29-28-13-6-10-24-11-7-14-31(33(24)28)34(29)35(30)43/h1-21H. The van der Waals surface area contributed by atoms with Crippen LogP contribution in [0.2, 0.25) is 0 Å². The molecule has 0 fully saturated rings. The molecule has 0 spiro atoms. The van der Waals surface area contributed by atoms with Crippen molar-refractivity contribution in [1.82, 2.24) is 19.5 Å². The van der Waals surface area contributed by atoms with Crippen LogP contribution in [0.5, 0.6) is 0 Å². The van der Waals surface area contributed by atoms with E-state index in [0.717, 1.165) is 32.9 Å². The average Bonchev–Trinajstić information content (AvgIpc) is 3.59. The van der Waals surface area contributed by atoms with Gasteiger partial charge in [0, 0.05) is 27.5 Å². The van der Waals surface area contributed by atoms with Crippen LogP contribution < -0.4 is 0 Å². The highest BCUT2D eigenvalue weighted by atomic mass is 15.2. The highest BCUT2D eigenvalue weighted by molar-refractivity contribution is 6.24. The minimum Gasteiger partial charge on any atom is -0.277 e. The lowest BCUT2D eigenvalue weighted by molar-refractivity contribution is 0.954. The summed E-state index contributed by atoms with van der Waals surface area (Å²) in [7, 11) is 0. The van der Waals surface area contributed by atoms with Gasteiger partial charge in [-0.1, -0.05) is 97.1 Å². The molecule has 2 aromatic heterocycles. The van der Waals surface area contributed by atoms with Crippen LogP contribution in [0, 0.1) is 11.3 Å². The zero-order chi connectivity index (χ0) is 28.5. The number of fused-ring (bicyclic) bond motifs is 7. The summed E-state index contributed by atoms with van der Waals surface area (Å²) in [5.41, 5.74) is 9.32. The van der Waals surface area contributed by atoms with Crippen molar-refractivity contribution < 1.29 is 0 Å². The van der Waals surface area contributed by atoms with Crippen molar-refractivity contribution in [2.24, 2.45) is 0 Å². The molecule has 8 aromatic rings. The summed E-state index contributed by atoms with van der Waals surface area (Å²) in [6.45, 7) is 0. The van der Waals surface area contributed by atoms with Crippen molar-refractivity contribution in [3.8, 4) is 57.0 Å². The summed E-state index contributed by atoms with van der Waals surface area (Å²) in [5.74, 6) is 1.70. The van der Waals surface area contributed by atoms with Crippen LogP contribution in [-0.4, -0.2) is 19.5 Å². The minimum atomic E-state index is 0.552. The Morgan fingerprint density at radius 3 is 2.00 bits per heavy atom. The summed E-state index contributed by atoms with van der Waals surface area (Å²) in [6.07, 6.45) is 0. The van der Waals surface area contributed by atoms with E-state index < -0.39 is 0 Å². The van der Waals surface area contributed by atoms with Gasteiger partial charge in [-0.15, -0.1) is 0 Å².